The third-order valence-corrected chi connectivity index (χ3v) is 5.08. The summed E-state index contributed by atoms with van der Waals surface area (Å²) in [5.41, 5.74) is 3.27. The van der Waals surface area contributed by atoms with Gasteiger partial charge >= 0.3 is 0 Å². The largest absolute Gasteiger partial charge is 0.497 e. The van der Waals surface area contributed by atoms with Crippen LogP contribution in [0.2, 0.25) is 0 Å². The summed E-state index contributed by atoms with van der Waals surface area (Å²) in [6.07, 6.45) is 0. The van der Waals surface area contributed by atoms with E-state index in [1.807, 2.05) is 44.4 Å². The fraction of sp³-hybridized carbons (Fsp3) is 0.273. The predicted molar refractivity (Wildman–Crippen MR) is 116 cm³/mol. The van der Waals surface area contributed by atoms with E-state index >= 15 is 0 Å². The Hall–Kier alpha value is -2.93. The van der Waals surface area contributed by atoms with E-state index in [0.717, 1.165) is 33.1 Å². The first-order chi connectivity index (χ1) is 13.9. The molecular formula is C22H24FN3O2S. The minimum atomic E-state index is -0.276. The van der Waals surface area contributed by atoms with Gasteiger partial charge in [0.15, 0.2) is 0 Å². The number of halogens is 1. The number of ether oxygens (including phenoxy) is 2. The minimum absolute atomic E-state index is 0.112. The highest BCUT2D eigenvalue weighted by Crippen LogP contribution is 2.33. The van der Waals surface area contributed by atoms with Gasteiger partial charge < -0.3 is 9.47 Å². The van der Waals surface area contributed by atoms with Crippen LogP contribution in [0.1, 0.15) is 26.3 Å². The van der Waals surface area contributed by atoms with Gasteiger partial charge in [-0.25, -0.2) is 9.07 Å². The van der Waals surface area contributed by atoms with Gasteiger partial charge in [-0.05, 0) is 56.7 Å². The maximum atomic E-state index is 13.3. The van der Waals surface area contributed by atoms with Gasteiger partial charge in [0.05, 0.1) is 25.6 Å². The highest BCUT2D eigenvalue weighted by atomic mass is 32.1. The molecule has 1 aromatic heterocycles. The van der Waals surface area contributed by atoms with Crippen LogP contribution < -0.4 is 14.3 Å². The summed E-state index contributed by atoms with van der Waals surface area (Å²) in [4.78, 5) is 5.47. The molecule has 0 fully saturated rings. The maximum absolute atomic E-state index is 13.3. The Bertz CT molecular complexity index is 1080. The number of methoxy groups -OCH3 is 2. The third-order valence-electron chi connectivity index (χ3n) is 4.25. The van der Waals surface area contributed by atoms with Gasteiger partial charge in [0.1, 0.15) is 17.3 Å². The van der Waals surface area contributed by atoms with Crippen LogP contribution >= 0.6 is 11.3 Å². The van der Waals surface area contributed by atoms with Crippen LogP contribution in [0.4, 0.5) is 4.39 Å². The molecule has 0 aliphatic carbocycles. The molecule has 1 heterocycles. The lowest BCUT2D eigenvalue weighted by Crippen LogP contribution is -2.16. The van der Waals surface area contributed by atoms with E-state index in [1.54, 1.807) is 31.0 Å². The number of benzene rings is 2. The summed E-state index contributed by atoms with van der Waals surface area (Å²) in [6, 6.07) is 12.0. The molecule has 0 aliphatic heterocycles. The van der Waals surface area contributed by atoms with Crippen LogP contribution in [-0.4, -0.2) is 30.6 Å². The maximum Gasteiger partial charge on any atom is 0.206 e. The van der Waals surface area contributed by atoms with Crippen molar-refractivity contribution >= 4 is 17.0 Å². The average Bonchev–Trinajstić information content (AvgIpc) is 3.09. The van der Waals surface area contributed by atoms with Gasteiger partial charge in [0.2, 0.25) is 4.80 Å². The molecule has 3 rings (SSSR count). The van der Waals surface area contributed by atoms with E-state index in [-0.39, 0.29) is 11.9 Å². The SMILES string of the molecule is COc1ccc(OC)c(-c2csc(=NC(C)C)n2N=C(C)c2ccc(F)cc2)c1. The Morgan fingerprint density at radius 1 is 1.07 bits per heavy atom. The van der Waals surface area contributed by atoms with E-state index in [0.29, 0.717) is 5.75 Å². The molecule has 2 aromatic carbocycles. The quantitative estimate of drug-likeness (QED) is 0.537. The highest BCUT2D eigenvalue weighted by molar-refractivity contribution is 7.07. The Balaban J connectivity index is 2.22. The Morgan fingerprint density at radius 3 is 2.41 bits per heavy atom. The second-order valence-electron chi connectivity index (χ2n) is 6.70. The van der Waals surface area contributed by atoms with E-state index in [2.05, 4.69) is 0 Å². The topological polar surface area (TPSA) is 48.1 Å². The normalized spacial score (nSPS) is 12.5. The molecule has 0 bridgehead atoms. The van der Waals surface area contributed by atoms with Crippen LogP contribution in [0.15, 0.2) is 57.9 Å². The number of rotatable bonds is 6. The van der Waals surface area contributed by atoms with E-state index < -0.39 is 0 Å². The van der Waals surface area contributed by atoms with Crippen molar-refractivity contribution in [3.8, 4) is 22.8 Å². The molecule has 5 nitrogen and oxygen atoms in total. The van der Waals surface area contributed by atoms with Gasteiger partial charge in [0.25, 0.3) is 0 Å². The Kier molecular flexibility index (Phi) is 6.49. The van der Waals surface area contributed by atoms with Crippen LogP contribution in [-0.2, 0) is 0 Å². The van der Waals surface area contributed by atoms with Crippen molar-refractivity contribution in [2.75, 3.05) is 14.2 Å². The van der Waals surface area contributed by atoms with Crippen LogP contribution in [0, 0.1) is 5.82 Å². The van der Waals surface area contributed by atoms with Crippen molar-refractivity contribution in [1.29, 1.82) is 0 Å². The van der Waals surface area contributed by atoms with Gasteiger partial charge in [-0.2, -0.15) is 5.10 Å². The molecule has 0 unspecified atom stereocenters. The highest BCUT2D eigenvalue weighted by Gasteiger charge is 2.15. The van der Waals surface area contributed by atoms with Crippen molar-refractivity contribution in [2.24, 2.45) is 10.1 Å². The number of nitrogens with zero attached hydrogens (tertiary/aromatic N) is 3. The van der Waals surface area contributed by atoms with Crippen LogP contribution in [0.5, 0.6) is 11.5 Å². The zero-order valence-electron chi connectivity index (χ0n) is 17.1. The average molecular weight is 414 g/mol. The molecule has 7 heteroatoms. The van der Waals surface area contributed by atoms with E-state index in [9.17, 15) is 4.39 Å². The second kappa shape index (κ2) is 9.05. The minimum Gasteiger partial charge on any atom is -0.497 e. The molecule has 0 N–H and O–H groups in total. The van der Waals surface area contributed by atoms with Crippen LogP contribution in [0.25, 0.3) is 11.3 Å². The number of hydrogen-bond donors (Lipinski definition) is 0. The summed E-state index contributed by atoms with van der Waals surface area (Å²) in [7, 11) is 3.26. The standard InChI is InChI=1S/C22H24FN3O2S/c1-14(2)24-22-26(25-15(3)16-6-8-17(23)9-7-16)20(13-29-22)19-12-18(27-4)10-11-21(19)28-5/h6-14H,1-5H3. The van der Waals surface area contributed by atoms with E-state index in [1.165, 1.54) is 23.5 Å². The van der Waals surface area contributed by atoms with Gasteiger partial charge in [-0.3, -0.25) is 4.99 Å². The second-order valence-corrected chi connectivity index (χ2v) is 7.53. The Morgan fingerprint density at radius 2 is 1.79 bits per heavy atom. The molecule has 0 aliphatic rings. The van der Waals surface area contributed by atoms with E-state index in [4.69, 9.17) is 19.6 Å². The lowest BCUT2D eigenvalue weighted by atomic mass is 10.1. The van der Waals surface area contributed by atoms with Crippen LogP contribution in [0.3, 0.4) is 0 Å². The Labute approximate surface area is 173 Å². The first-order valence-electron chi connectivity index (χ1n) is 9.21. The molecule has 152 valence electrons. The fourth-order valence-corrected chi connectivity index (χ4v) is 3.76. The zero-order valence-corrected chi connectivity index (χ0v) is 18.0. The summed E-state index contributed by atoms with van der Waals surface area (Å²) in [5, 5.41) is 6.81. The molecule has 0 amide bonds. The van der Waals surface area contributed by atoms with Gasteiger partial charge in [0, 0.05) is 17.0 Å². The first-order valence-corrected chi connectivity index (χ1v) is 10.1. The third kappa shape index (κ3) is 4.74. The van der Waals surface area contributed by atoms with Crippen molar-refractivity contribution < 1.29 is 13.9 Å². The van der Waals surface area contributed by atoms with Gasteiger partial charge in [-0.1, -0.05) is 12.1 Å². The van der Waals surface area contributed by atoms with Crippen molar-refractivity contribution in [2.45, 2.75) is 26.8 Å². The van der Waals surface area contributed by atoms with Crippen molar-refractivity contribution in [3.63, 3.8) is 0 Å². The number of thiazole rings is 1. The summed E-state index contributed by atoms with van der Waals surface area (Å²) in [5.74, 6) is 1.16. The molecule has 0 saturated heterocycles. The lowest BCUT2D eigenvalue weighted by Gasteiger charge is -2.12. The molecule has 29 heavy (non-hydrogen) atoms. The number of aromatic nitrogens is 1. The van der Waals surface area contributed by atoms with Gasteiger partial charge in [-0.15, -0.1) is 11.3 Å². The molecule has 0 radical (unpaired) electrons. The molecule has 0 atom stereocenters. The summed E-state index contributed by atoms with van der Waals surface area (Å²) in [6.45, 7) is 5.93. The van der Waals surface area contributed by atoms with Crippen molar-refractivity contribution in [3.05, 3.63) is 64.0 Å². The molecular weight excluding hydrogens is 389 g/mol. The summed E-state index contributed by atoms with van der Waals surface area (Å²) >= 11 is 1.50. The lowest BCUT2D eigenvalue weighted by molar-refractivity contribution is 0.404. The first kappa shape index (κ1) is 20.8. The summed E-state index contributed by atoms with van der Waals surface area (Å²) < 4.78 is 26.1. The molecule has 0 spiro atoms. The molecule has 0 saturated carbocycles. The predicted octanol–water partition coefficient (Wildman–Crippen LogP) is 4.95. The smallest absolute Gasteiger partial charge is 0.206 e. The number of hydrogen-bond acceptors (Lipinski definition) is 5. The molecule has 3 aromatic rings. The monoisotopic (exact) mass is 413 g/mol. The zero-order chi connectivity index (χ0) is 21.0. The van der Waals surface area contributed by atoms with Crippen molar-refractivity contribution in [1.82, 2.24) is 4.68 Å². The fourth-order valence-electron chi connectivity index (χ4n) is 2.80.